The Morgan fingerprint density at radius 1 is 1.19 bits per heavy atom. The molecule has 0 aliphatic carbocycles. The molecule has 21 heavy (non-hydrogen) atoms. The largest absolute Gasteiger partial charge is 0.493 e. The predicted molar refractivity (Wildman–Crippen MR) is 74.4 cm³/mol. The van der Waals surface area contributed by atoms with Crippen molar-refractivity contribution in [2.75, 3.05) is 6.61 Å². The van der Waals surface area contributed by atoms with Crippen LogP contribution in [0.2, 0.25) is 5.28 Å². The van der Waals surface area contributed by atoms with E-state index < -0.39 is 0 Å². The minimum absolute atomic E-state index is 0.113. The number of ether oxygens (including phenoxy) is 1. The van der Waals surface area contributed by atoms with Crippen molar-refractivity contribution < 1.29 is 4.74 Å². The van der Waals surface area contributed by atoms with Gasteiger partial charge in [0.25, 0.3) is 5.95 Å². The molecule has 0 bridgehead atoms. The molecule has 0 radical (unpaired) electrons. The van der Waals surface area contributed by atoms with E-state index >= 15 is 0 Å². The molecule has 0 saturated heterocycles. The average Bonchev–Trinajstić information content (AvgIpc) is 3.17. The van der Waals surface area contributed by atoms with Crippen LogP contribution >= 0.6 is 11.6 Å². The standard InChI is InChI=1S/C13H9ClN6O/c14-12-17-11(18-13(19-12)20-7-15-6-16-20)9-1-2-10-8(5-9)3-4-21-10/h1-2,5-7H,3-4H2. The molecule has 0 fully saturated rings. The lowest BCUT2D eigenvalue weighted by atomic mass is 10.1. The summed E-state index contributed by atoms with van der Waals surface area (Å²) in [5, 5.41) is 4.11. The fraction of sp³-hybridized carbons (Fsp3) is 0.154. The topological polar surface area (TPSA) is 78.6 Å². The molecule has 0 N–H and O–H groups in total. The van der Waals surface area contributed by atoms with Crippen molar-refractivity contribution in [1.82, 2.24) is 29.7 Å². The Morgan fingerprint density at radius 2 is 2.14 bits per heavy atom. The van der Waals surface area contributed by atoms with Crippen LogP contribution in [0, 0.1) is 0 Å². The minimum Gasteiger partial charge on any atom is -0.493 e. The highest BCUT2D eigenvalue weighted by Gasteiger charge is 2.15. The fourth-order valence-corrected chi connectivity index (χ4v) is 2.36. The second-order valence-corrected chi connectivity index (χ2v) is 4.83. The second-order valence-electron chi connectivity index (χ2n) is 4.49. The molecule has 0 spiro atoms. The Kier molecular flexibility index (Phi) is 2.78. The van der Waals surface area contributed by atoms with Gasteiger partial charge in [-0.3, -0.25) is 0 Å². The first-order chi connectivity index (χ1) is 10.3. The van der Waals surface area contributed by atoms with E-state index in [4.69, 9.17) is 16.3 Å². The van der Waals surface area contributed by atoms with Crippen molar-refractivity contribution in [3.8, 4) is 23.1 Å². The number of aromatic nitrogens is 6. The predicted octanol–water partition coefficient (Wildman–Crippen LogP) is 1.71. The maximum atomic E-state index is 5.99. The van der Waals surface area contributed by atoms with Crippen molar-refractivity contribution in [1.29, 1.82) is 0 Å². The summed E-state index contributed by atoms with van der Waals surface area (Å²) < 4.78 is 6.93. The first-order valence-electron chi connectivity index (χ1n) is 6.32. The second kappa shape index (κ2) is 4.78. The number of benzene rings is 1. The first kappa shape index (κ1) is 12.2. The lowest BCUT2D eigenvalue weighted by molar-refractivity contribution is 0.357. The summed E-state index contributed by atoms with van der Waals surface area (Å²) in [4.78, 5) is 16.5. The molecule has 1 aromatic carbocycles. The van der Waals surface area contributed by atoms with Gasteiger partial charge in [0.05, 0.1) is 6.61 Å². The summed E-state index contributed by atoms with van der Waals surface area (Å²) in [7, 11) is 0. The molecule has 0 atom stereocenters. The summed E-state index contributed by atoms with van der Waals surface area (Å²) in [6, 6.07) is 5.84. The molecule has 104 valence electrons. The van der Waals surface area contributed by atoms with E-state index in [2.05, 4.69) is 25.0 Å². The maximum Gasteiger partial charge on any atom is 0.256 e. The molecule has 3 heterocycles. The van der Waals surface area contributed by atoms with Gasteiger partial charge in [0.1, 0.15) is 18.4 Å². The molecule has 8 heteroatoms. The zero-order valence-corrected chi connectivity index (χ0v) is 11.5. The van der Waals surface area contributed by atoms with Crippen LogP contribution in [0.3, 0.4) is 0 Å². The first-order valence-corrected chi connectivity index (χ1v) is 6.70. The normalized spacial score (nSPS) is 13.0. The van der Waals surface area contributed by atoms with Gasteiger partial charge >= 0.3 is 0 Å². The van der Waals surface area contributed by atoms with Gasteiger partial charge in [0.15, 0.2) is 5.82 Å². The van der Waals surface area contributed by atoms with Gasteiger partial charge in [-0.1, -0.05) is 0 Å². The fourth-order valence-electron chi connectivity index (χ4n) is 2.21. The summed E-state index contributed by atoms with van der Waals surface area (Å²) >= 11 is 5.99. The Bertz CT molecular complexity index is 804. The van der Waals surface area contributed by atoms with Crippen molar-refractivity contribution in [3.05, 3.63) is 41.7 Å². The van der Waals surface area contributed by atoms with E-state index in [1.54, 1.807) is 0 Å². The third-order valence-electron chi connectivity index (χ3n) is 3.17. The zero-order valence-electron chi connectivity index (χ0n) is 10.8. The summed E-state index contributed by atoms with van der Waals surface area (Å²) in [5.74, 6) is 1.74. The zero-order chi connectivity index (χ0) is 14.2. The molecule has 1 aliphatic rings. The highest BCUT2D eigenvalue weighted by molar-refractivity contribution is 6.28. The summed E-state index contributed by atoms with van der Waals surface area (Å²) in [6.07, 6.45) is 3.80. The minimum atomic E-state index is 0.113. The Balaban J connectivity index is 1.81. The Morgan fingerprint density at radius 3 is 3.00 bits per heavy atom. The van der Waals surface area contributed by atoms with Gasteiger partial charge in [0, 0.05) is 12.0 Å². The van der Waals surface area contributed by atoms with Crippen LogP contribution in [0.25, 0.3) is 17.3 Å². The van der Waals surface area contributed by atoms with Crippen LogP contribution in [-0.2, 0) is 6.42 Å². The highest BCUT2D eigenvalue weighted by Crippen LogP contribution is 2.29. The molecule has 4 rings (SSSR count). The number of fused-ring (bicyclic) bond motifs is 1. The average molecular weight is 301 g/mol. The highest BCUT2D eigenvalue weighted by atomic mass is 35.5. The van der Waals surface area contributed by atoms with Gasteiger partial charge < -0.3 is 4.74 Å². The number of hydrogen-bond acceptors (Lipinski definition) is 6. The molecule has 0 amide bonds. The van der Waals surface area contributed by atoms with E-state index in [1.165, 1.54) is 17.3 Å². The van der Waals surface area contributed by atoms with Crippen LogP contribution in [0.4, 0.5) is 0 Å². The van der Waals surface area contributed by atoms with E-state index in [9.17, 15) is 0 Å². The summed E-state index contributed by atoms with van der Waals surface area (Å²) in [5.41, 5.74) is 2.01. The van der Waals surface area contributed by atoms with Gasteiger partial charge in [-0.2, -0.15) is 24.7 Å². The van der Waals surface area contributed by atoms with Crippen molar-refractivity contribution in [2.45, 2.75) is 6.42 Å². The number of halogens is 1. The van der Waals surface area contributed by atoms with Crippen molar-refractivity contribution >= 4 is 11.6 Å². The molecular formula is C13H9ClN6O. The van der Waals surface area contributed by atoms with E-state index in [-0.39, 0.29) is 5.28 Å². The molecule has 2 aromatic heterocycles. The molecule has 1 aliphatic heterocycles. The quantitative estimate of drug-likeness (QED) is 0.717. The number of nitrogens with zero attached hydrogens (tertiary/aromatic N) is 6. The Hall–Kier alpha value is -2.54. The van der Waals surface area contributed by atoms with Gasteiger partial charge in [-0.15, -0.1) is 0 Å². The number of hydrogen-bond donors (Lipinski definition) is 0. The van der Waals surface area contributed by atoms with Crippen LogP contribution in [0.5, 0.6) is 5.75 Å². The van der Waals surface area contributed by atoms with Crippen molar-refractivity contribution in [3.63, 3.8) is 0 Å². The Labute approximate surface area is 124 Å². The monoisotopic (exact) mass is 300 g/mol. The molecular weight excluding hydrogens is 292 g/mol. The lowest BCUT2D eigenvalue weighted by Crippen LogP contribution is -2.05. The molecule has 3 aromatic rings. The van der Waals surface area contributed by atoms with Crippen LogP contribution in [-0.4, -0.2) is 36.3 Å². The van der Waals surface area contributed by atoms with E-state index in [1.807, 2.05) is 18.2 Å². The van der Waals surface area contributed by atoms with Crippen LogP contribution in [0.15, 0.2) is 30.9 Å². The van der Waals surface area contributed by atoms with Gasteiger partial charge in [0.2, 0.25) is 5.28 Å². The SMILES string of the molecule is Clc1nc(-c2ccc3c(c2)CCO3)nc(-n2cncn2)n1. The number of rotatable bonds is 2. The third-order valence-corrected chi connectivity index (χ3v) is 3.34. The molecule has 0 saturated carbocycles. The third kappa shape index (κ3) is 2.21. The summed E-state index contributed by atoms with van der Waals surface area (Å²) in [6.45, 7) is 0.709. The smallest absolute Gasteiger partial charge is 0.256 e. The molecule has 7 nitrogen and oxygen atoms in total. The van der Waals surface area contributed by atoms with E-state index in [0.29, 0.717) is 18.4 Å². The molecule has 0 unspecified atom stereocenters. The van der Waals surface area contributed by atoms with Crippen molar-refractivity contribution in [2.24, 2.45) is 0 Å². The van der Waals surface area contributed by atoms with E-state index in [0.717, 1.165) is 23.3 Å². The van der Waals surface area contributed by atoms with Gasteiger partial charge in [-0.25, -0.2) is 4.98 Å². The lowest BCUT2D eigenvalue weighted by Gasteiger charge is -2.05. The van der Waals surface area contributed by atoms with Gasteiger partial charge in [-0.05, 0) is 35.4 Å². The van der Waals surface area contributed by atoms with Crippen LogP contribution in [0.1, 0.15) is 5.56 Å². The van der Waals surface area contributed by atoms with Crippen LogP contribution < -0.4 is 4.74 Å². The maximum absolute atomic E-state index is 5.99.